The molecule has 0 N–H and O–H groups in total. The van der Waals surface area contributed by atoms with Crippen molar-refractivity contribution in [1.82, 2.24) is 0 Å². The molecule has 3 fully saturated rings. The fourth-order valence-electron chi connectivity index (χ4n) is 5.35. The van der Waals surface area contributed by atoms with Crippen LogP contribution in [0.25, 0.3) is 0 Å². The van der Waals surface area contributed by atoms with Gasteiger partial charge in [0.1, 0.15) is 5.75 Å². The van der Waals surface area contributed by atoms with E-state index >= 15 is 0 Å². The van der Waals surface area contributed by atoms with E-state index in [1.165, 1.54) is 4.90 Å². The maximum absolute atomic E-state index is 12.9. The molecule has 1 aliphatic carbocycles. The second kappa shape index (κ2) is 8.70. The van der Waals surface area contributed by atoms with Crippen LogP contribution in [0.4, 0.5) is 11.4 Å². The Morgan fingerprint density at radius 2 is 1.53 bits per heavy atom. The van der Waals surface area contributed by atoms with Gasteiger partial charge < -0.3 is 9.64 Å². The number of carbonyl (C=O) groups is 4. The molecule has 2 aliphatic heterocycles. The maximum atomic E-state index is 12.9. The lowest BCUT2D eigenvalue weighted by molar-refractivity contribution is -0.139. The second-order valence-electron chi connectivity index (χ2n) is 9.80. The number of hydrogen-bond donors (Lipinski definition) is 0. The van der Waals surface area contributed by atoms with Gasteiger partial charge in [0.15, 0.2) is 0 Å². The Kier molecular flexibility index (Phi) is 5.71. The van der Waals surface area contributed by atoms with Crippen LogP contribution >= 0.6 is 0 Å². The molecule has 3 amide bonds. The topological polar surface area (TPSA) is 84.0 Å². The molecule has 7 heteroatoms. The van der Waals surface area contributed by atoms with Crippen molar-refractivity contribution in [2.75, 3.05) is 16.3 Å². The molecule has 1 saturated carbocycles. The summed E-state index contributed by atoms with van der Waals surface area (Å²) in [6.07, 6.45) is 2.57. The fraction of sp³-hybridized carbons (Fsp3) is 0.407. The van der Waals surface area contributed by atoms with E-state index < -0.39 is 11.9 Å². The molecular formula is C27H28N2O5. The van der Waals surface area contributed by atoms with Gasteiger partial charge in [-0.05, 0) is 68.5 Å². The molecule has 0 unspecified atom stereocenters. The molecule has 0 aromatic heterocycles. The summed E-state index contributed by atoms with van der Waals surface area (Å²) in [5, 5.41) is 0. The van der Waals surface area contributed by atoms with E-state index in [0.717, 1.165) is 30.5 Å². The predicted octanol–water partition coefficient (Wildman–Crippen LogP) is 3.88. The Balaban J connectivity index is 1.24. The molecule has 0 spiro atoms. The Labute approximate surface area is 198 Å². The molecule has 2 heterocycles. The second-order valence-corrected chi connectivity index (χ2v) is 9.80. The first-order valence-electron chi connectivity index (χ1n) is 11.9. The molecule has 0 radical (unpaired) electrons. The van der Waals surface area contributed by atoms with Crippen molar-refractivity contribution in [3.63, 3.8) is 0 Å². The molecule has 176 valence electrons. The van der Waals surface area contributed by atoms with E-state index in [9.17, 15) is 19.2 Å². The lowest BCUT2D eigenvalue weighted by Gasteiger charge is -2.25. The van der Waals surface area contributed by atoms with Crippen molar-refractivity contribution in [2.45, 2.75) is 39.5 Å². The normalized spacial score (nSPS) is 26.7. The molecular weight excluding hydrogens is 432 g/mol. The number of hydrogen-bond acceptors (Lipinski definition) is 5. The molecule has 5 rings (SSSR count). The molecule has 4 atom stereocenters. The zero-order valence-electron chi connectivity index (χ0n) is 19.4. The summed E-state index contributed by atoms with van der Waals surface area (Å²) in [5.74, 6) is -1.08. The minimum absolute atomic E-state index is 0.1000. The van der Waals surface area contributed by atoms with Gasteiger partial charge >= 0.3 is 5.97 Å². The highest BCUT2D eigenvalue weighted by atomic mass is 16.5. The number of aryl methyl sites for hydroxylation is 1. The number of esters is 1. The molecule has 2 saturated heterocycles. The van der Waals surface area contributed by atoms with E-state index in [4.69, 9.17) is 4.74 Å². The van der Waals surface area contributed by atoms with Crippen molar-refractivity contribution >= 4 is 35.1 Å². The summed E-state index contributed by atoms with van der Waals surface area (Å²) in [5.41, 5.74) is 2.36. The summed E-state index contributed by atoms with van der Waals surface area (Å²) in [7, 11) is 0. The zero-order chi connectivity index (χ0) is 24.0. The third-order valence-corrected chi connectivity index (χ3v) is 7.31. The number of ether oxygens (including phenoxy) is 1. The van der Waals surface area contributed by atoms with Gasteiger partial charge in [0, 0.05) is 18.7 Å². The number of nitrogens with zero attached hydrogens (tertiary/aromatic N) is 2. The van der Waals surface area contributed by atoms with Crippen LogP contribution in [0.3, 0.4) is 0 Å². The van der Waals surface area contributed by atoms with Crippen LogP contribution in [0.2, 0.25) is 0 Å². The Morgan fingerprint density at radius 1 is 0.882 bits per heavy atom. The minimum Gasteiger partial charge on any atom is -0.426 e. The lowest BCUT2D eigenvalue weighted by Crippen LogP contribution is -2.30. The van der Waals surface area contributed by atoms with Crippen LogP contribution in [0.15, 0.2) is 48.5 Å². The van der Waals surface area contributed by atoms with E-state index in [0.29, 0.717) is 17.4 Å². The number of rotatable bonds is 4. The number of fused-ring (bicyclic) bond motifs is 1. The third-order valence-electron chi connectivity index (χ3n) is 7.31. The Hall–Kier alpha value is -3.48. The van der Waals surface area contributed by atoms with Gasteiger partial charge in [-0.3, -0.25) is 24.1 Å². The van der Waals surface area contributed by atoms with Crippen LogP contribution < -0.4 is 14.5 Å². The van der Waals surface area contributed by atoms with Gasteiger partial charge in [-0.2, -0.15) is 0 Å². The largest absolute Gasteiger partial charge is 0.426 e. The standard InChI is InChI=1S/C27H28N2O5/c1-16-3-6-19(7-4-16)28-15-18(14-24(28)30)27(33)34-21-10-8-20(9-11-21)29-25(31)22-12-5-17(2)13-23(22)26(29)32/h3-4,6-11,17-18,22-23H,5,12-15H2,1-2H3/t17-,18+,22-,23-/m0/s1. The first kappa shape index (κ1) is 22.3. The van der Waals surface area contributed by atoms with Crippen LogP contribution in [0.5, 0.6) is 5.75 Å². The molecule has 3 aliphatic rings. The van der Waals surface area contributed by atoms with Gasteiger partial charge in [-0.1, -0.05) is 24.6 Å². The van der Waals surface area contributed by atoms with Crippen molar-refractivity contribution in [3.05, 3.63) is 54.1 Å². The first-order chi connectivity index (χ1) is 16.3. The maximum Gasteiger partial charge on any atom is 0.316 e. The molecule has 0 bridgehead atoms. The summed E-state index contributed by atoms with van der Waals surface area (Å²) < 4.78 is 5.52. The number of amides is 3. The van der Waals surface area contributed by atoms with Crippen molar-refractivity contribution in [1.29, 1.82) is 0 Å². The van der Waals surface area contributed by atoms with E-state index in [1.807, 2.05) is 31.2 Å². The predicted molar refractivity (Wildman–Crippen MR) is 126 cm³/mol. The molecule has 34 heavy (non-hydrogen) atoms. The quantitative estimate of drug-likeness (QED) is 0.393. The van der Waals surface area contributed by atoms with E-state index in [-0.39, 0.29) is 42.5 Å². The summed E-state index contributed by atoms with van der Waals surface area (Å²) >= 11 is 0. The average Bonchev–Trinajstić information content (AvgIpc) is 3.32. The van der Waals surface area contributed by atoms with Crippen LogP contribution in [-0.4, -0.2) is 30.2 Å². The van der Waals surface area contributed by atoms with Gasteiger partial charge in [-0.15, -0.1) is 0 Å². The molecule has 7 nitrogen and oxygen atoms in total. The van der Waals surface area contributed by atoms with Crippen LogP contribution in [-0.2, 0) is 19.2 Å². The highest BCUT2D eigenvalue weighted by Crippen LogP contribution is 2.42. The fourth-order valence-corrected chi connectivity index (χ4v) is 5.35. The van der Waals surface area contributed by atoms with Crippen molar-refractivity contribution in [2.24, 2.45) is 23.7 Å². The number of anilines is 2. The SMILES string of the molecule is Cc1ccc(N2C[C@H](C(=O)Oc3ccc(N4C(=O)[C@H]5CC[C@H](C)C[C@@H]5C4=O)cc3)CC2=O)cc1. The van der Waals surface area contributed by atoms with Crippen LogP contribution in [0, 0.1) is 30.6 Å². The van der Waals surface area contributed by atoms with E-state index in [1.54, 1.807) is 29.2 Å². The number of imide groups is 1. The van der Waals surface area contributed by atoms with Gasteiger partial charge in [0.05, 0.1) is 23.4 Å². The monoisotopic (exact) mass is 460 g/mol. The number of benzene rings is 2. The highest BCUT2D eigenvalue weighted by Gasteiger charge is 2.50. The Bertz CT molecular complexity index is 1140. The minimum atomic E-state index is -0.555. The van der Waals surface area contributed by atoms with Gasteiger partial charge in [0.25, 0.3) is 0 Å². The summed E-state index contributed by atoms with van der Waals surface area (Å²) in [6.45, 7) is 4.37. The number of carbonyl (C=O) groups excluding carboxylic acids is 4. The van der Waals surface area contributed by atoms with Crippen molar-refractivity contribution < 1.29 is 23.9 Å². The average molecular weight is 461 g/mol. The summed E-state index contributed by atoms with van der Waals surface area (Å²) in [6, 6.07) is 14.1. The first-order valence-corrected chi connectivity index (χ1v) is 11.9. The van der Waals surface area contributed by atoms with Crippen molar-refractivity contribution in [3.8, 4) is 5.75 Å². The third kappa shape index (κ3) is 4.00. The summed E-state index contributed by atoms with van der Waals surface area (Å²) in [4.78, 5) is 53.9. The van der Waals surface area contributed by atoms with Crippen LogP contribution in [0.1, 0.15) is 38.2 Å². The van der Waals surface area contributed by atoms with Gasteiger partial charge in [-0.25, -0.2) is 0 Å². The van der Waals surface area contributed by atoms with E-state index in [2.05, 4.69) is 6.92 Å². The Morgan fingerprint density at radius 3 is 2.24 bits per heavy atom. The highest BCUT2D eigenvalue weighted by molar-refractivity contribution is 6.22. The van der Waals surface area contributed by atoms with Gasteiger partial charge in [0.2, 0.25) is 17.7 Å². The smallest absolute Gasteiger partial charge is 0.316 e. The lowest BCUT2D eigenvalue weighted by atomic mass is 9.76. The molecule has 2 aromatic rings. The zero-order valence-corrected chi connectivity index (χ0v) is 19.4. The molecule has 2 aromatic carbocycles.